The van der Waals surface area contributed by atoms with Crippen LogP contribution in [-0.4, -0.2) is 70.4 Å². The fourth-order valence-electron chi connectivity index (χ4n) is 3.31. The Kier molecular flexibility index (Phi) is 5.25. The molecule has 0 unspecified atom stereocenters. The van der Waals surface area contributed by atoms with Crippen LogP contribution in [0.15, 0.2) is 30.7 Å². The number of nitrogens with zero attached hydrogens (tertiary/aromatic N) is 5. The molecule has 1 fully saturated rings. The zero-order chi connectivity index (χ0) is 20.5. The second-order valence-corrected chi connectivity index (χ2v) is 8.05. The molecule has 0 aliphatic carbocycles. The summed E-state index contributed by atoms with van der Waals surface area (Å²) in [6, 6.07) is 3.78. The number of fused-ring (bicyclic) bond motifs is 1. The summed E-state index contributed by atoms with van der Waals surface area (Å²) in [4.78, 5) is 43.1. The predicted octanol–water partition coefficient (Wildman–Crippen LogP) is 2.31. The first-order chi connectivity index (χ1) is 14.0. The van der Waals surface area contributed by atoms with Crippen LogP contribution in [0.2, 0.25) is 0 Å². The molecule has 150 valence electrons. The van der Waals surface area contributed by atoms with Gasteiger partial charge in [-0.05, 0) is 13.0 Å². The molecule has 0 bridgehead atoms. The van der Waals surface area contributed by atoms with Gasteiger partial charge in [0, 0.05) is 44.0 Å². The molecular weight excluding hydrogens is 390 g/mol. The van der Waals surface area contributed by atoms with Crippen molar-refractivity contribution < 1.29 is 14.3 Å². The number of aryl methyl sites for hydroxylation is 1. The zero-order valence-corrected chi connectivity index (χ0v) is 17.3. The number of thiophene rings is 1. The molecule has 4 rings (SSSR count). The quantitative estimate of drug-likeness (QED) is 0.657. The van der Waals surface area contributed by atoms with Crippen LogP contribution >= 0.6 is 11.3 Å². The summed E-state index contributed by atoms with van der Waals surface area (Å²) in [6.45, 7) is 3.00. The topological polar surface area (TPSA) is 88.5 Å². The van der Waals surface area contributed by atoms with E-state index >= 15 is 0 Å². The first-order valence-corrected chi connectivity index (χ1v) is 10.1. The number of rotatable bonds is 3. The van der Waals surface area contributed by atoms with Crippen molar-refractivity contribution >= 4 is 33.4 Å². The SMILES string of the molecule is Cc1cnc(C(=O)N2CCO[C@H](c3c(C(=O)N(C)C)sc4ncccc34)C2)cn1. The van der Waals surface area contributed by atoms with Crippen LogP contribution in [-0.2, 0) is 4.74 Å². The van der Waals surface area contributed by atoms with Crippen molar-refractivity contribution in [2.45, 2.75) is 13.0 Å². The van der Waals surface area contributed by atoms with Gasteiger partial charge < -0.3 is 14.5 Å². The molecule has 1 aliphatic heterocycles. The van der Waals surface area contributed by atoms with E-state index in [2.05, 4.69) is 15.0 Å². The molecule has 1 saturated heterocycles. The maximum Gasteiger partial charge on any atom is 0.274 e. The lowest BCUT2D eigenvalue weighted by molar-refractivity contribution is -0.0225. The maximum atomic E-state index is 12.9. The van der Waals surface area contributed by atoms with Crippen molar-refractivity contribution in [3.8, 4) is 0 Å². The lowest BCUT2D eigenvalue weighted by Crippen LogP contribution is -2.43. The lowest BCUT2D eigenvalue weighted by Gasteiger charge is -2.33. The summed E-state index contributed by atoms with van der Waals surface area (Å²) in [5, 5.41) is 0.886. The summed E-state index contributed by atoms with van der Waals surface area (Å²) < 4.78 is 6.01. The minimum absolute atomic E-state index is 0.0977. The smallest absolute Gasteiger partial charge is 0.274 e. The molecule has 1 aliphatic rings. The Hall–Kier alpha value is -2.91. The van der Waals surface area contributed by atoms with Crippen molar-refractivity contribution in [2.75, 3.05) is 33.8 Å². The van der Waals surface area contributed by atoms with Crippen LogP contribution in [0.25, 0.3) is 10.2 Å². The Morgan fingerprint density at radius 1 is 1.24 bits per heavy atom. The van der Waals surface area contributed by atoms with Crippen LogP contribution in [0, 0.1) is 6.92 Å². The van der Waals surface area contributed by atoms with Gasteiger partial charge in [0.25, 0.3) is 11.8 Å². The molecule has 2 amide bonds. The minimum Gasteiger partial charge on any atom is -0.370 e. The van der Waals surface area contributed by atoms with Gasteiger partial charge in [-0.2, -0.15) is 0 Å². The number of morpholine rings is 1. The van der Waals surface area contributed by atoms with Crippen LogP contribution in [0.5, 0.6) is 0 Å². The number of pyridine rings is 1. The highest BCUT2D eigenvalue weighted by Gasteiger charge is 2.32. The van der Waals surface area contributed by atoms with Crippen LogP contribution in [0.1, 0.15) is 37.5 Å². The number of ether oxygens (including phenoxy) is 1. The van der Waals surface area contributed by atoms with Crippen molar-refractivity contribution in [3.63, 3.8) is 0 Å². The number of hydrogen-bond acceptors (Lipinski definition) is 7. The highest BCUT2D eigenvalue weighted by Crippen LogP contribution is 2.37. The van der Waals surface area contributed by atoms with Crippen molar-refractivity contribution in [1.29, 1.82) is 0 Å². The third-order valence-electron chi connectivity index (χ3n) is 4.78. The van der Waals surface area contributed by atoms with Crippen molar-refractivity contribution in [2.24, 2.45) is 0 Å². The highest BCUT2D eigenvalue weighted by molar-refractivity contribution is 7.20. The van der Waals surface area contributed by atoms with Crippen LogP contribution < -0.4 is 0 Å². The summed E-state index contributed by atoms with van der Waals surface area (Å²) in [5.41, 5.74) is 1.85. The molecule has 1 atom stereocenters. The molecule has 0 saturated carbocycles. The van der Waals surface area contributed by atoms with Gasteiger partial charge in [0.2, 0.25) is 0 Å². The minimum atomic E-state index is -0.414. The lowest BCUT2D eigenvalue weighted by atomic mass is 10.0. The summed E-state index contributed by atoms with van der Waals surface area (Å²) in [5.74, 6) is -0.289. The zero-order valence-electron chi connectivity index (χ0n) is 16.5. The first kappa shape index (κ1) is 19.4. The average molecular weight is 411 g/mol. The van der Waals surface area contributed by atoms with Crippen molar-refractivity contribution in [3.05, 3.63) is 52.6 Å². The highest BCUT2D eigenvalue weighted by atomic mass is 32.1. The van der Waals surface area contributed by atoms with Gasteiger partial charge in [-0.3, -0.25) is 14.6 Å². The molecule has 8 nitrogen and oxygen atoms in total. The van der Waals surface area contributed by atoms with E-state index in [0.29, 0.717) is 30.3 Å². The second-order valence-electron chi connectivity index (χ2n) is 7.05. The Morgan fingerprint density at radius 2 is 2.07 bits per heavy atom. The summed E-state index contributed by atoms with van der Waals surface area (Å²) in [6.07, 6.45) is 4.37. The molecular formula is C20H21N5O3S. The average Bonchev–Trinajstić information content (AvgIpc) is 3.12. The Balaban J connectivity index is 1.68. The Morgan fingerprint density at radius 3 is 2.79 bits per heavy atom. The van der Waals surface area contributed by atoms with Gasteiger partial charge in [-0.25, -0.2) is 9.97 Å². The molecule has 0 aromatic carbocycles. The fourth-order valence-corrected chi connectivity index (χ4v) is 4.52. The van der Waals surface area contributed by atoms with E-state index in [-0.39, 0.29) is 11.8 Å². The Labute approximate surface area is 172 Å². The maximum absolute atomic E-state index is 12.9. The standard InChI is InChI=1S/C20H21N5O3S/c1-12-9-23-14(10-22-12)19(26)25-7-8-28-15(11-25)16-13-5-4-6-21-18(13)29-17(16)20(27)24(2)3/h4-6,9-10,15H,7-8,11H2,1-3H3/t15-/m0/s1. The van der Waals surface area contributed by atoms with Gasteiger partial charge in [0.05, 0.1) is 25.0 Å². The molecule has 3 aromatic heterocycles. The molecule has 9 heteroatoms. The molecule has 4 heterocycles. The number of amides is 2. The summed E-state index contributed by atoms with van der Waals surface area (Å²) >= 11 is 1.35. The third kappa shape index (κ3) is 3.70. The van der Waals surface area contributed by atoms with E-state index in [1.54, 1.807) is 36.3 Å². The Bertz CT molecular complexity index is 1060. The fraction of sp³-hybridized carbons (Fsp3) is 0.350. The third-order valence-corrected chi connectivity index (χ3v) is 5.90. The second kappa shape index (κ2) is 7.84. The molecule has 0 N–H and O–H groups in total. The first-order valence-electron chi connectivity index (χ1n) is 9.24. The van der Waals surface area contributed by atoms with E-state index < -0.39 is 6.10 Å². The van der Waals surface area contributed by atoms with Gasteiger partial charge in [0.1, 0.15) is 21.5 Å². The van der Waals surface area contributed by atoms with Gasteiger partial charge >= 0.3 is 0 Å². The molecule has 3 aromatic rings. The number of carbonyl (C=O) groups excluding carboxylic acids is 2. The molecule has 29 heavy (non-hydrogen) atoms. The van der Waals surface area contributed by atoms with Crippen molar-refractivity contribution in [1.82, 2.24) is 24.8 Å². The van der Waals surface area contributed by atoms with E-state index in [4.69, 9.17) is 4.74 Å². The van der Waals surface area contributed by atoms with Crippen LogP contribution in [0.3, 0.4) is 0 Å². The van der Waals surface area contributed by atoms with Gasteiger partial charge in [-0.15, -0.1) is 11.3 Å². The van der Waals surface area contributed by atoms with Gasteiger partial charge in [-0.1, -0.05) is 6.07 Å². The predicted molar refractivity (Wildman–Crippen MR) is 109 cm³/mol. The number of carbonyl (C=O) groups is 2. The van der Waals surface area contributed by atoms with E-state index in [1.807, 2.05) is 19.1 Å². The monoisotopic (exact) mass is 411 g/mol. The normalized spacial score (nSPS) is 16.8. The van der Waals surface area contributed by atoms with E-state index in [0.717, 1.165) is 21.5 Å². The molecule has 0 radical (unpaired) electrons. The largest absolute Gasteiger partial charge is 0.370 e. The number of hydrogen-bond donors (Lipinski definition) is 0. The van der Waals surface area contributed by atoms with Crippen LogP contribution in [0.4, 0.5) is 0 Å². The molecule has 0 spiro atoms. The number of aromatic nitrogens is 3. The van der Waals surface area contributed by atoms with E-state index in [9.17, 15) is 9.59 Å². The summed E-state index contributed by atoms with van der Waals surface area (Å²) in [7, 11) is 3.44. The van der Waals surface area contributed by atoms with E-state index in [1.165, 1.54) is 17.5 Å². The van der Waals surface area contributed by atoms with Gasteiger partial charge in [0.15, 0.2) is 0 Å².